The van der Waals surface area contributed by atoms with Crippen LogP contribution < -0.4 is 4.90 Å². The van der Waals surface area contributed by atoms with Gasteiger partial charge in [-0.3, -0.25) is 0 Å². The average molecular weight is 302 g/mol. The minimum absolute atomic E-state index is 0.648. The van der Waals surface area contributed by atoms with Gasteiger partial charge >= 0.3 is 0 Å². The van der Waals surface area contributed by atoms with E-state index in [0.717, 1.165) is 18.8 Å². The standard InChI is InChI=1S/C16H25Cl2N/c1-3-5-7-12-19(13-8-6-4-2)15-11-9-10-14(17)16(15)18/h9-11H,3-8,12-13H2,1-2H3. The van der Waals surface area contributed by atoms with E-state index >= 15 is 0 Å². The molecule has 0 fully saturated rings. The Morgan fingerprint density at radius 3 is 2.00 bits per heavy atom. The van der Waals surface area contributed by atoms with E-state index in [-0.39, 0.29) is 0 Å². The highest BCUT2D eigenvalue weighted by Crippen LogP contribution is 2.32. The van der Waals surface area contributed by atoms with Gasteiger partial charge in [0.15, 0.2) is 0 Å². The Morgan fingerprint density at radius 2 is 1.47 bits per heavy atom. The summed E-state index contributed by atoms with van der Waals surface area (Å²) >= 11 is 12.5. The van der Waals surface area contributed by atoms with Gasteiger partial charge < -0.3 is 4.90 Å². The van der Waals surface area contributed by atoms with E-state index in [1.165, 1.54) is 38.5 Å². The quantitative estimate of drug-likeness (QED) is 0.492. The number of rotatable bonds is 9. The van der Waals surface area contributed by atoms with E-state index in [0.29, 0.717) is 10.0 Å². The molecule has 1 rings (SSSR count). The lowest BCUT2D eigenvalue weighted by Gasteiger charge is -2.26. The Balaban J connectivity index is 2.72. The third-order valence-corrected chi connectivity index (χ3v) is 4.14. The van der Waals surface area contributed by atoms with Gasteiger partial charge in [-0.2, -0.15) is 0 Å². The molecule has 1 nitrogen and oxygen atoms in total. The van der Waals surface area contributed by atoms with Crippen LogP contribution in [0.1, 0.15) is 52.4 Å². The Bertz CT molecular complexity index is 356. The molecule has 0 saturated carbocycles. The van der Waals surface area contributed by atoms with Crippen molar-refractivity contribution in [2.45, 2.75) is 52.4 Å². The Labute approximate surface area is 127 Å². The molecule has 0 aliphatic carbocycles. The molecule has 0 amide bonds. The van der Waals surface area contributed by atoms with E-state index in [9.17, 15) is 0 Å². The van der Waals surface area contributed by atoms with Crippen molar-refractivity contribution in [1.29, 1.82) is 0 Å². The highest BCUT2D eigenvalue weighted by atomic mass is 35.5. The van der Waals surface area contributed by atoms with Gasteiger partial charge in [-0.05, 0) is 25.0 Å². The minimum atomic E-state index is 0.648. The van der Waals surface area contributed by atoms with Gasteiger partial charge in [-0.25, -0.2) is 0 Å². The van der Waals surface area contributed by atoms with Crippen LogP contribution in [0.25, 0.3) is 0 Å². The fourth-order valence-electron chi connectivity index (χ4n) is 2.19. The van der Waals surface area contributed by atoms with Gasteiger partial charge in [0.1, 0.15) is 0 Å². The summed E-state index contributed by atoms with van der Waals surface area (Å²) in [5.74, 6) is 0. The summed E-state index contributed by atoms with van der Waals surface area (Å²) < 4.78 is 0. The van der Waals surface area contributed by atoms with Crippen molar-refractivity contribution in [2.75, 3.05) is 18.0 Å². The monoisotopic (exact) mass is 301 g/mol. The van der Waals surface area contributed by atoms with Crippen LogP contribution in [0.4, 0.5) is 5.69 Å². The number of hydrogen-bond donors (Lipinski definition) is 0. The largest absolute Gasteiger partial charge is 0.370 e. The molecular weight excluding hydrogens is 277 g/mol. The molecule has 0 radical (unpaired) electrons. The summed E-state index contributed by atoms with van der Waals surface area (Å²) in [6.07, 6.45) is 7.44. The maximum Gasteiger partial charge on any atom is 0.0825 e. The number of unbranched alkanes of at least 4 members (excludes halogenated alkanes) is 4. The molecule has 0 aliphatic rings. The molecule has 1 aromatic rings. The van der Waals surface area contributed by atoms with Crippen LogP contribution in [0.2, 0.25) is 10.0 Å². The first-order valence-corrected chi connectivity index (χ1v) is 8.15. The van der Waals surface area contributed by atoms with Gasteiger partial charge in [-0.1, -0.05) is 68.8 Å². The number of hydrogen-bond acceptors (Lipinski definition) is 1. The first-order valence-electron chi connectivity index (χ1n) is 7.39. The molecule has 0 heterocycles. The lowest BCUT2D eigenvalue weighted by atomic mass is 10.2. The molecule has 0 N–H and O–H groups in total. The van der Waals surface area contributed by atoms with Crippen LogP contribution >= 0.6 is 23.2 Å². The molecular formula is C16H25Cl2N. The molecule has 0 unspecified atom stereocenters. The van der Waals surface area contributed by atoms with E-state index in [2.05, 4.69) is 24.8 Å². The van der Waals surface area contributed by atoms with E-state index in [1.54, 1.807) is 0 Å². The number of benzene rings is 1. The summed E-state index contributed by atoms with van der Waals surface area (Å²) in [5.41, 5.74) is 1.08. The third kappa shape index (κ3) is 5.62. The van der Waals surface area contributed by atoms with Crippen LogP contribution in [0.3, 0.4) is 0 Å². The van der Waals surface area contributed by atoms with Crippen molar-refractivity contribution in [3.63, 3.8) is 0 Å². The van der Waals surface area contributed by atoms with Gasteiger partial charge in [0, 0.05) is 13.1 Å². The highest BCUT2D eigenvalue weighted by molar-refractivity contribution is 6.43. The first-order chi connectivity index (χ1) is 9.20. The predicted molar refractivity (Wildman–Crippen MR) is 87.7 cm³/mol. The minimum Gasteiger partial charge on any atom is -0.370 e. The molecule has 0 spiro atoms. The van der Waals surface area contributed by atoms with Gasteiger partial charge in [0.25, 0.3) is 0 Å². The predicted octanol–water partition coefficient (Wildman–Crippen LogP) is 6.18. The lowest BCUT2D eigenvalue weighted by Crippen LogP contribution is -2.26. The molecule has 0 aromatic heterocycles. The van der Waals surface area contributed by atoms with Crippen molar-refractivity contribution < 1.29 is 0 Å². The molecule has 19 heavy (non-hydrogen) atoms. The van der Waals surface area contributed by atoms with Gasteiger partial charge in [-0.15, -0.1) is 0 Å². The zero-order valence-electron chi connectivity index (χ0n) is 12.1. The Morgan fingerprint density at radius 1 is 0.895 bits per heavy atom. The maximum atomic E-state index is 6.34. The first kappa shape index (κ1) is 16.7. The maximum absolute atomic E-state index is 6.34. The molecule has 0 atom stereocenters. The van der Waals surface area contributed by atoms with E-state index < -0.39 is 0 Å². The van der Waals surface area contributed by atoms with Crippen molar-refractivity contribution in [3.8, 4) is 0 Å². The number of halogens is 2. The van der Waals surface area contributed by atoms with E-state index in [1.807, 2.05) is 12.1 Å². The fraction of sp³-hybridized carbons (Fsp3) is 0.625. The normalized spacial score (nSPS) is 10.7. The van der Waals surface area contributed by atoms with Crippen LogP contribution in [-0.4, -0.2) is 13.1 Å². The zero-order chi connectivity index (χ0) is 14.1. The topological polar surface area (TPSA) is 3.24 Å². The van der Waals surface area contributed by atoms with Crippen molar-refractivity contribution >= 4 is 28.9 Å². The molecule has 0 saturated heterocycles. The average Bonchev–Trinajstić information content (AvgIpc) is 2.41. The van der Waals surface area contributed by atoms with Crippen molar-refractivity contribution in [1.82, 2.24) is 0 Å². The Hall–Kier alpha value is -0.400. The summed E-state index contributed by atoms with van der Waals surface area (Å²) in [6.45, 7) is 6.59. The van der Waals surface area contributed by atoms with Crippen LogP contribution in [0.15, 0.2) is 18.2 Å². The second-order valence-corrected chi connectivity index (χ2v) is 5.76. The second-order valence-electron chi connectivity index (χ2n) is 4.97. The fourth-order valence-corrected chi connectivity index (χ4v) is 2.61. The summed E-state index contributed by atoms with van der Waals surface area (Å²) in [7, 11) is 0. The smallest absolute Gasteiger partial charge is 0.0825 e. The molecule has 0 aliphatic heterocycles. The number of nitrogens with zero attached hydrogens (tertiary/aromatic N) is 1. The molecule has 3 heteroatoms. The van der Waals surface area contributed by atoms with Crippen LogP contribution in [-0.2, 0) is 0 Å². The van der Waals surface area contributed by atoms with Crippen LogP contribution in [0, 0.1) is 0 Å². The summed E-state index contributed by atoms with van der Waals surface area (Å²) in [6, 6.07) is 5.91. The molecule has 0 bridgehead atoms. The van der Waals surface area contributed by atoms with Gasteiger partial charge in [0.05, 0.1) is 15.7 Å². The third-order valence-electron chi connectivity index (χ3n) is 3.34. The second kappa shape index (κ2) is 9.50. The van der Waals surface area contributed by atoms with Crippen molar-refractivity contribution in [3.05, 3.63) is 28.2 Å². The van der Waals surface area contributed by atoms with Gasteiger partial charge in [0.2, 0.25) is 0 Å². The lowest BCUT2D eigenvalue weighted by molar-refractivity contribution is 0.636. The SMILES string of the molecule is CCCCCN(CCCCC)c1cccc(Cl)c1Cl. The zero-order valence-corrected chi connectivity index (χ0v) is 13.6. The molecule has 108 valence electrons. The van der Waals surface area contributed by atoms with Crippen molar-refractivity contribution in [2.24, 2.45) is 0 Å². The summed E-state index contributed by atoms with van der Waals surface area (Å²) in [5, 5.41) is 1.34. The van der Waals surface area contributed by atoms with Crippen LogP contribution in [0.5, 0.6) is 0 Å². The Kier molecular flexibility index (Phi) is 8.32. The summed E-state index contributed by atoms with van der Waals surface area (Å²) in [4.78, 5) is 2.39. The van der Waals surface area contributed by atoms with E-state index in [4.69, 9.17) is 23.2 Å². The number of anilines is 1. The molecule has 1 aromatic carbocycles. The highest BCUT2D eigenvalue weighted by Gasteiger charge is 2.11.